The van der Waals surface area contributed by atoms with Gasteiger partial charge in [-0.05, 0) is 48.7 Å². The summed E-state index contributed by atoms with van der Waals surface area (Å²) in [4.78, 5) is 0. The summed E-state index contributed by atoms with van der Waals surface area (Å²) < 4.78 is 6.05. The molecule has 0 aliphatic heterocycles. The van der Waals surface area contributed by atoms with Gasteiger partial charge in [0.2, 0.25) is 0 Å². The first-order valence-corrected chi connectivity index (χ1v) is 7.69. The van der Waals surface area contributed by atoms with Gasteiger partial charge in [0.1, 0.15) is 11.5 Å². The highest BCUT2D eigenvalue weighted by Crippen LogP contribution is 2.30. The monoisotopic (exact) mass is 283 g/mol. The van der Waals surface area contributed by atoms with Gasteiger partial charge in [0, 0.05) is 6.04 Å². The molecule has 0 aliphatic rings. The molecule has 0 fully saturated rings. The molecule has 2 nitrogen and oxygen atoms in total. The third-order valence-corrected chi connectivity index (χ3v) is 3.81. The lowest BCUT2D eigenvalue weighted by Gasteiger charge is -2.16. The number of hydrogen-bond donors (Lipinski definition) is 1. The van der Waals surface area contributed by atoms with Crippen molar-refractivity contribution in [2.45, 2.75) is 39.2 Å². The number of benzene rings is 2. The van der Waals surface area contributed by atoms with Crippen LogP contribution in [-0.4, -0.2) is 7.05 Å². The van der Waals surface area contributed by atoms with Crippen molar-refractivity contribution in [1.29, 1.82) is 0 Å². The minimum atomic E-state index is 0.405. The maximum atomic E-state index is 6.05. The molecule has 2 aromatic rings. The molecule has 112 valence electrons. The summed E-state index contributed by atoms with van der Waals surface area (Å²) in [6, 6.07) is 17.0. The van der Waals surface area contributed by atoms with E-state index < -0.39 is 0 Å². The lowest BCUT2D eigenvalue weighted by Crippen LogP contribution is -2.14. The van der Waals surface area contributed by atoms with Gasteiger partial charge in [0.25, 0.3) is 0 Å². The van der Waals surface area contributed by atoms with Gasteiger partial charge < -0.3 is 10.1 Å². The van der Waals surface area contributed by atoms with E-state index in [0.717, 1.165) is 17.9 Å². The van der Waals surface area contributed by atoms with Gasteiger partial charge in [-0.25, -0.2) is 0 Å². The van der Waals surface area contributed by atoms with Crippen LogP contribution in [0.2, 0.25) is 0 Å². The number of ether oxygens (including phenoxy) is 1. The van der Waals surface area contributed by atoms with Crippen LogP contribution in [0.1, 0.15) is 50.3 Å². The molecule has 0 radical (unpaired) electrons. The smallest absolute Gasteiger partial charge is 0.130 e. The summed E-state index contributed by atoms with van der Waals surface area (Å²) in [5.74, 6) is 2.29. The molecule has 1 atom stereocenters. The van der Waals surface area contributed by atoms with Gasteiger partial charge in [-0.2, -0.15) is 0 Å². The second-order valence-corrected chi connectivity index (χ2v) is 5.61. The van der Waals surface area contributed by atoms with E-state index in [1.54, 1.807) is 0 Å². The van der Waals surface area contributed by atoms with Crippen molar-refractivity contribution in [2.24, 2.45) is 0 Å². The summed E-state index contributed by atoms with van der Waals surface area (Å²) in [5, 5.41) is 3.32. The summed E-state index contributed by atoms with van der Waals surface area (Å²) in [6.07, 6.45) is 1.08. The molecule has 21 heavy (non-hydrogen) atoms. The maximum absolute atomic E-state index is 6.05. The Morgan fingerprint density at radius 3 is 2.24 bits per heavy atom. The molecule has 0 aromatic heterocycles. The Morgan fingerprint density at radius 1 is 1.00 bits per heavy atom. The normalized spacial score (nSPS) is 12.4. The van der Waals surface area contributed by atoms with E-state index >= 15 is 0 Å². The Kier molecular flexibility index (Phi) is 5.40. The molecular formula is C19H25NO. The molecule has 0 amide bonds. The first kappa shape index (κ1) is 15.6. The lowest BCUT2D eigenvalue weighted by molar-refractivity contribution is 0.472. The Morgan fingerprint density at radius 2 is 1.67 bits per heavy atom. The fraction of sp³-hybridized carbons (Fsp3) is 0.368. The van der Waals surface area contributed by atoms with E-state index in [1.807, 2.05) is 31.3 Å². The van der Waals surface area contributed by atoms with Crippen molar-refractivity contribution in [2.75, 3.05) is 7.05 Å². The van der Waals surface area contributed by atoms with Crippen LogP contribution < -0.4 is 10.1 Å². The van der Waals surface area contributed by atoms with Gasteiger partial charge in [-0.1, -0.05) is 51.1 Å². The third-order valence-electron chi connectivity index (χ3n) is 3.81. The number of nitrogens with one attached hydrogen (secondary N) is 1. The first-order valence-electron chi connectivity index (χ1n) is 7.69. The molecule has 0 aliphatic carbocycles. The Bertz CT molecular complexity index is 556. The van der Waals surface area contributed by atoms with Gasteiger partial charge in [0.05, 0.1) is 0 Å². The van der Waals surface area contributed by atoms with Gasteiger partial charge in [-0.15, -0.1) is 0 Å². The molecule has 0 heterocycles. The van der Waals surface area contributed by atoms with Crippen molar-refractivity contribution in [3.05, 3.63) is 59.7 Å². The van der Waals surface area contributed by atoms with E-state index in [4.69, 9.17) is 4.74 Å². The molecular weight excluding hydrogens is 258 g/mol. The molecule has 2 heteroatoms. The summed E-state index contributed by atoms with van der Waals surface area (Å²) in [5.41, 5.74) is 2.53. The van der Waals surface area contributed by atoms with E-state index in [9.17, 15) is 0 Å². The van der Waals surface area contributed by atoms with Crippen molar-refractivity contribution in [3.63, 3.8) is 0 Å². The van der Waals surface area contributed by atoms with Crippen molar-refractivity contribution in [3.8, 4) is 11.5 Å². The Labute approximate surface area is 128 Å². The molecule has 1 N–H and O–H groups in total. The van der Waals surface area contributed by atoms with Crippen LogP contribution in [0.4, 0.5) is 0 Å². The fourth-order valence-corrected chi connectivity index (χ4v) is 2.55. The van der Waals surface area contributed by atoms with Crippen LogP contribution in [0.5, 0.6) is 11.5 Å². The van der Waals surface area contributed by atoms with Crippen LogP contribution in [0.25, 0.3) is 0 Å². The second kappa shape index (κ2) is 7.28. The van der Waals surface area contributed by atoms with Crippen LogP contribution >= 0.6 is 0 Å². The van der Waals surface area contributed by atoms with E-state index in [0.29, 0.717) is 12.0 Å². The standard InChI is InChI=1S/C19H25NO/c1-5-18(20-4)15-10-12-16(13-11-15)21-19-9-7-6-8-17(19)14(2)3/h6-14,18,20H,5H2,1-4H3. The van der Waals surface area contributed by atoms with Gasteiger partial charge in [-0.3, -0.25) is 0 Å². The van der Waals surface area contributed by atoms with E-state index in [2.05, 4.69) is 50.4 Å². The van der Waals surface area contributed by atoms with Gasteiger partial charge >= 0.3 is 0 Å². The zero-order chi connectivity index (χ0) is 15.2. The molecule has 2 rings (SSSR count). The topological polar surface area (TPSA) is 21.3 Å². The largest absolute Gasteiger partial charge is 0.457 e. The summed E-state index contributed by atoms with van der Waals surface area (Å²) in [6.45, 7) is 6.55. The molecule has 2 aromatic carbocycles. The van der Waals surface area contributed by atoms with Crippen LogP contribution in [-0.2, 0) is 0 Å². The third kappa shape index (κ3) is 3.85. The average molecular weight is 283 g/mol. The van der Waals surface area contributed by atoms with E-state index in [1.165, 1.54) is 11.1 Å². The highest BCUT2D eigenvalue weighted by molar-refractivity contribution is 5.40. The van der Waals surface area contributed by atoms with Crippen LogP contribution in [0, 0.1) is 0 Å². The highest BCUT2D eigenvalue weighted by atomic mass is 16.5. The quantitative estimate of drug-likeness (QED) is 0.779. The van der Waals surface area contributed by atoms with Crippen LogP contribution in [0.15, 0.2) is 48.5 Å². The predicted molar refractivity (Wildman–Crippen MR) is 89.1 cm³/mol. The van der Waals surface area contributed by atoms with Crippen molar-refractivity contribution in [1.82, 2.24) is 5.32 Å². The molecule has 1 unspecified atom stereocenters. The zero-order valence-electron chi connectivity index (χ0n) is 13.4. The molecule has 0 bridgehead atoms. The van der Waals surface area contributed by atoms with E-state index in [-0.39, 0.29) is 0 Å². The minimum absolute atomic E-state index is 0.405. The number of hydrogen-bond acceptors (Lipinski definition) is 2. The summed E-state index contributed by atoms with van der Waals surface area (Å²) >= 11 is 0. The number of para-hydroxylation sites is 1. The Balaban J connectivity index is 2.17. The number of rotatable bonds is 6. The zero-order valence-corrected chi connectivity index (χ0v) is 13.4. The molecule has 0 saturated carbocycles. The molecule has 0 spiro atoms. The minimum Gasteiger partial charge on any atom is -0.457 e. The van der Waals surface area contributed by atoms with Gasteiger partial charge in [0.15, 0.2) is 0 Å². The fourth-order valence-electron chi connectivity index (χ4n) is 2.55. The first-order chi connectivity index (χ1) is 10.2. The van der Waals surface area contributed by atoms with Crippen molar-refractivity contribution < 1.29 is 4.74 Å². The Hall–Kier alpha value is -1.80. The predicted octanol–water partition coefficient (Wildman–Crippen LogP) is 5.27. The average Bonchev–Trinajstić information content (AvgIpc) is 2.50. The SMILES string of the molecule is CCC(NC)c1ccc(Oc2ccccc2C(C)C)cc1. The maximum Gasteiger partial charge on any atom is 0.130 e. The summed E-state index contributed by atoms with van der Waals surface area (Å²) in [7, 11) is 2.00. The highest BCUT2D eigenvalue weighted by Gasteiger charge is 2.09. The van der Waals surface area contributed by atoms with Crippen LogP contribution in [0.3, 0.4) is 0 Å². The lowest BCUT2D eigenvalue weighted by atomic mass is 10.0. The molecule has 0 saturated heterocycles. The second-order valence-electron chi connectivity index (χ2n) is 5.61. The van der Waals surface area contributed by atoms with Crippen molar-refractivity contribution >= 4 is 0 Å².